The molecular formula is C26H22N2O6. The van der Waals surface area contributed by atoms with E-state index in [4.69, 9.17) is 19.0 Å². The Bertz CT molecular complexity index is 1250. The summed E-state index contributed by atoms with van der Waals surface area (Å²) in [4.78, 5) is 34.3. The van der Waals surface area contributed by atoms with Crippen molar-refractivity contribution in [1.29, 1.82) is 0 Å². The van der Waals surface area contributed by atoms with Gasteiger partial charge in [-0.25, -0.2) is 4.90 Å². The SMILES string of the molecule is C=CCOc1ccc(C2=NO[C@@H]3[C@H]4C[C@H]([C@H]5C(=O)N(c6ccc7c(c6)OCO7)C(=O)[C@@H]45)[C@H]23)cc1. The average Bonchev–Trinajstić information content (AvgIpc) is 3.65. The molecule has 2 aliphatic carbocycles. The van der Waals surface area contributed by atoms with Gasteiger partial charge in [0.1, 0.15) is 18.5 Å². The number of nitrogens with zero attached hydrogens (tertiary/aromatic N) is 2. The van der Waals surface area contributed by atoms with Gasteiger partial charge in [-0.3, -0.25) is 9.59 Å². The number of oxime groups is 1. The van der Waals surface area contributed by atoms with Crippen LogP contribution in [0, 0.1) is 29.6 Å². The Morgan fingerprint density at radius 1 is 1.00 bits per heavy atom. The zero-order valence-corrected chi connectivity index (χ0v) is 18.3. The summed E-state index contributed by atoms with van der Waals surface area (Å²) in [5, 5.41) is 4.41. The smallest absolute Gasteiger partial charge is 0.238 e. The zero-order valence-electron chi connectivity index (χ0n) is 18.3. The fraction of sp³-hybridized carbons (Fsp3) is 0.346. The first-order chi connectivity index (χ1) is 16.7. The van der Waals surface area contributed by atoms with E-state index >= 15 is 0 Å². The molecule has 7 rings (SSSR count). The largest absolute Gasteiger partial charge is 0.490 e. The Morgan fingerprint density at radius 2 is 1.76 bits per heavy atom. The molecule has 2 aromatic carbocycles. The van der Waals surface area contributed by atoms with Crippen LogP contribution in [-0.2, 0) is 14.4 Å². The molecule has 8 nitrogen and oxygen atoms in total. The fourth-order valence-electron chi connectivity index (χ4n) is 6.52. The first-order valence-corrected chi connectivity index (χ1v) is 11.5. The molecule has 0 spiro atoms. The van der Waals surface area contributed by atoms with E-state index in [1.165, 1.54) is 4.90 Å². The molecule has 2 aromatic rings. The average molecular weight is 458 g/mol. The molecule has 2 amide bonds. The van der Waals surface area contributed by atoms with Gasteiger partial charge in [0, 0.05) is 23.5 Å². The lowest BCUT2D eigenvalue weighted by Gasteiger charge is -2.29. The van der Waals surface area contributed by atoms with Gasteiger partial charge in [-0.2, -0.15) is 0 Å². The van der Waals surface area contributed by atoms with E-state index < -0.39 is 0 Å². The summed E-state index contributed by atoms with van der Waals surface area (Å²) in [5.41, 5.74) is 2.34. The van der Waals surface area contributed by atoms with Crippen molar-refractivity contribution in [3.63, 3.8) is 0 Å². The molecule has 0 unspecified atom stereocenters. The van der Waals surface area contributed by atoms with E-state index in [0.29, 0.717) is 23.8 Å². The summed E-state index contributed by atoms with van der Waals surface area (Å²) in [6, 6.07) is 12.9. The van der Waals surface area contributed by atoms with E-state index in [9.17, 15) is 9.59 Å². The summed E-state index contributed by atoms with van der Waals surface area (Å²) >= 11 is 0. The molecule has 1 saturated heterocycles. The van der Waals surface area contributed by atoms with Gasteiger partial charge < -0.3 is 19.0 Å². The van der Waals surface area contributed by atoms with Crippen molar-refractivity contribution in [1.82, 2.24) is 0 Å². The molecular weight excluding hydrogens is 436 g/mol. The number of rotatable bonds is 5. The van der Waals surface area contributed by atoms with Crippen LogP contribution < -0.4 is 19.1 Å². The third-order valence-electron chi connectivity index (χ3n) is 7.82. The lowest BCUT2D eigenvalue weighted by atomic mass is 9.71. The van der Waals surface area contributed by atoms with Crippen LogP contribution in [0.3, 0.4) is 0 Å². The van der Waals surface area contributed by atoms with Crippen LogP contribution in [0.25, 0.3) is 0 Å². The van der Waals surface area contributed by atoms with Crippen molar-refractivity contribution in [2.24, 2.45) is 34.7 Å². The predicted octanol–water partition coefficient (Wildman–Crippen LogP) is 3.15. The van der Waals surface area contributed by atoms with Crippen LogP contribution in [0.2, 0.25) is 0 Å². The Morgan fingerprint density at radius 3 is 2.56 bits per heavy atom. The third-order valence-corrected chi connectivity index (χ3v) is 7.82. The second-order valence-corrected chi connectivity index (χ2v) is 9.36. The summed E-state index contributed by atoms with van der Waals surface area (Å²) in [7, 11) is 0. The lowest BCUT2D eigenvalue weighted by molar-refractivity contribution is -0.125. The zero-order chi connectivity index (χ0) is 23.0. The highest BCUT2D eigenvalue weighted by Crippen LogP contribution is 2.62. The highest BCUT2D eigenvalue weighted by molar-refractivity contribution is 6.23. The highest BCUT2D eigenvalue weighted by atomic mass is 16.7. The van der Waals surface area contributed by atoms with Crippen LogP contribution in [0.1, 0.15) is 12.0 Å². The molecule has 5 aliphatic rings. The predicted molar refractivity (Wildman–Crippen MR) is 121 cm³/mol. The van der Waals surface area contributed by atoms with Gasteiger partial charge in [-0.05, 0) is 48.7 Å². The van der Waals surface area contributed by atoms with Gasteiger partial charge in [-0.1, -0.05) is 17.8 Å². The molecule has 172 valence electrons. The minimum Gasteiger partial charge on any atom is -0.490 e. The first kappa shape index (κ1) is 19.6. The van der Waals surface area contributed by atoms with Gasteiger partial charge >= 0.3 is 0 Å². The molecule has 6 atom stereocenters. The van der Waals surface area contributed by atoms with Crippen LogP contribution >= 0.6 is 0 Å². The van der Waals surface area contributed by atoms with Gasteiger partial charge in [0.25, 0.3) is 0 Å². The van der Waals surface area contributed by atoms with Gasteiger partial charge in [0.2, 0.25) is 18.6 Å². The standard InChI is InChI=1S/C26H22N2O6/c1-2-9-31-15-6-3-13(4-7-15)23-22-16-11-17(24(22)34-27-23)21-20(16)25(29)28(26(21)30)14-5-8-18-19(10-14)33-12-32-18/h2-8,10,16-17,20-22,24H,1,9,11-12H2/t16-,17+,20-,21+,22-,24-/m1/s1. The molecule has 0 N–H and O–H groups in total. The van der Waals surface area contributed by atoms with Crippen molar-refractivity contribution in [2.75, 3.05) is 18.3 Å². The van der Waals surface area contributed by atoms with Crippen LogP contribution in [-0.4, -0.2) is 37.0 Å². The lowest BCUT2D eigenvalue weighted by Crippen LogP contribution is -2.41. The molecule has 3 aliphatic heterocycles. The van der Waals surface area contributed by atoms with Gasteiger partial charge in [0.15, 0.2) is 11.5 Å². The number of hydrogen-bond donors (Lipinski definition) is 0. The summed E-state index contributed by atoms with van der Waals surface area (Å²) < 4.78 is 16.4. The number of ether oxygens (including phenoxy) is 3. The quantitative estimate of drug-likeness (QED) is 0.505. The van der Waals surface area contributed by atoms with Crippen molar-refractivity contribution in [3.8, 4) is 17.2 Å². The third kappa shape index (κ3) is 2.56. The molecule has 2 bridgehead atoms. The molecule has 0 radical (unpaired) electrons. The van der Waals surface area contributed by atoms with Gasteiger partial charge in [-0.15, -0.1) is 0 Å². The Hall–Kier alpha value is -3.81. The number of hydrogen-bond acceptors (Lipinski definition) is 7. The topological polar surface area (TPSA) is 86.7 Å². The number of anilines is 1. The maximum Gasteiger partial charge on any atom is 0.238 e. The van der Waals surface area contributed by atoms with Crippen LogP contribution in [0.4, 0.5) is 5.69 Å². The number of amides is 2. The summed E-state index contributed by atoms with van der Waals surface area (Å²) in [5.74, 6) is 0.907. The fourth-order valence-corrected chi connectivity index (χ4v) is 6.52. The van der Waals surface area contributed by atoms with Gasteiger partial charge in [0.05, 0.1) is 23.2 Å². The first-order valence-electron chi connectivity index (χ1n) is 11.5. The minimum absolute atomic E-state index is 0.000326. The Kier molecular flexibility index (Phi) is 4.10. The monoisotopic (exact) mass is 458 g/mol. The number of carbonyl (C=O) groups excluding carboxylic acids is 2. The molecule has 3 fully saturated rings. The maximum absolute atomic E-state index is 13.6. The van der Waals surface area contributed by atoms with Crippen molar-refractivity contribution >= 4 is 23.2 Å². The Labute approximate surface area is 195 Å². The maximum atomic E-state index is 13.6. The Balaban J connectivity index is 1.17. The van der Waals surface area contributed by atoms with E-state index in [2.05, 4.69) is 11.7 Å². The second-order valence-electron chi connectivity index (χ2n) is 9.36. The molecule has 34 heavy (non-hydrogen) atoms. The number of carbonyl (C=O) groups is 2. The van der Waals surface area contributed by atoms with Crippen molar-refractivity contribution in [3.05, 3.63) is 60.7 Å². The van der Waals surface area contributed by atoms with E-state index in [1.807, 2.05) is 24.3 Å². The van der Waals surface area contributed by atoms with E-state index in [1.54, 1.807) is 24.3 Å². The van der Waals surface area contributed by atoms with Crippen molar-refractivity contribution in [2.45, 2.75) is 12.5 Å². The summed E-state index contributed by atoms with van der Waals surface area (Å²) in [6.07, 6.45) is 2.33. The van der Waals surface area contributed by atoms with Crippen molar-refractivity contribution < 1.29 is 28.6 Å². The van der Waals surface area contributed by atoms with E-state index in [0.717, 1.165) is 23.4 Å². The molecule has 2 saturated carbocycles. The van der Waals surface area contributed by atoms with Crippen LogP contribution in [0.5, 0.6) is 17.2 Å². The second kappa shape index (κ2) is 7.09. The molecule has 3 heterocycles. The number of fused-ring (bicyclic) bond motifs is 9. The highest BCUT2D eigenvalue weighted by Gasteiger charge is 2.70. The van der Waals surface area contributed by atoms with E-state index in [-0.39, 0.29) is 54.3 Å². The number of benzene rings is 2. The van der Waals surface area contributed by atoms with Crippen LogP contribution in [0.15, 0.2) is 60.3 Å². The minimum atomic E-state index is -0.367. The molecule has 0 aromatic heterocycles. The summed E-state index contributed by atoms with van der Waals surface area (Å²) in [6.45, 7) is 4.25. The molecule has 8 heteroatoms. The normalized spacial score (nSPS) is 31.9. The number of imide groups is 1.